The molecule has 2 aliphatic carbocycles. The van der Waals surface area contributed by atoms with Crippen LogP contribution in [0.4, 0.5) is 5.69 Å². The van der Waals surface area contributed by atoms with Gasteiger partial charge in [0.25, 0.3) is 0 Å². The first-order valence-electron chi connectivity index (χ1n) is 10.5. The minimum absolute atomic E-state index is 0.0494. The zero-order chi connectivity index (χ0) is 20.2. The quantitative estimate of drug-likeness (QED) is 0.474. The highest BCUT2D eigenvalue weighted by Crippen LogP contribution is 2.53. The monoisotopic (exact) mass is 395 g/mol. The van der Waals surface area contributed by atoms with E-state index >= 15 is 0 Å². The number of anilines is 1. The van der Waals surface area contributed by atoms with E-state index in [1.54, 1.807) is 0 Å². The van der Waals surface area contributed by atoms with E-state index in [0.717, 1.165) is 12.0 Å². The van der Waals surface area contributed by atoms with Crippen molar-refractivity contribution in [2.45, 2.75) is 13.0 Å². The van der Waals surface area contributed by atoms with Crippen molar-refractivity contribution in [1.29, 1.82) is 0 Å². The van der Waals surface area contributed by atoms with Crippen molar-refractivity contribution >= 4 is 28.3 Å². The van der Waals surface area contributed by atoms with Gasteiger partial charge in [0, 0.05) is 0 Å². The number of hydrogen-bond acceptors (Lipinski definition) is 3. The van der Waals surface area contributed by atoms with Crippen LogP contribution in [0.5, 0.6) is 5.75 Å². The van der Waals surface area contributed by atoms with E-state index in [9.17, 15) is 9.59 Å². The highest BCUT2D eigenvalue weighted by Gasteiger charge is 2.59. The fourth-order valence-electron chi connectivity index (χ4n) is 5.34. The molecule has 4 heteroatoms. The van der Waals surface area contributed by atoms with Gasteiger partial charge in [-0.3, -0.25) is 14.5 Å². The van der Waals surface area contributed by atoms with E-state index < -0.39 is 0 Å². The summed E-state index contributed by atoms with van der Waals surface area (Å²) in [4.78, 5) is 27.2. The van der Waals surface area contributed by atoms with Crippen molar-refractivity contribution in [2.24, 2.45) is 23.7 Å². The Labute approximate surface area is 174 Å². The fraction of sp³-hybridized carbons (Fsp3) is 0.231. The van der Waals surface area contributed by atoms with E-state index in [4.69, 9.17) is 4.74 Å². The van der Waals surface area contributed by atoms with Crippen molar-refractivity contribution < 1.29 is 14.3 Å². The predicted octanol–water partition coefficient (Wildman–Crippen LogP) is 4.73. The Morgan fingerprint density at radius 1 is 0.800 bits per heavy atom. The highest BCUT2D eigenvalue weighted by atomic mass is 16.5. The number of nitrogens with zero attached hydrogens (tertiary/aromatic N) is 1. The molecule has 30 heavy (non-hydrogen) atoms. The maximum Gasteiger partial charge on any atom is 0.238 e. The number of rotatable bonds is 4. The van der Waals surface area contributed by atoms with Gasteiger partial charge in [-0.05, 0) is 64.9 Å². The summed E-state index contributed by atoms with van der Waals surface area (Å²) in [5.41, 5.74) is 1.73. The van der Waals surface area contributed by atoms with Crippen molar-refractivity contribution in [3.8, 4) is 5.75 Å². The summed E-state index contributed by atoms with van der Waals surface area (Å²) in [5.74, 6) is 0.732. The third kappa shape index (κ3) is 2.60. The first-order valence-corrected chi connectivity index (χ1v) is 10.5. The molecule has 3 aromatic rings. The van der Waals surface area contributed by atoms with Gasteiger partial charge in [-0.25, -0.2) is 0 Å². The normalized spacial score (nSPS) is 26.6. The number of carbonyl (C=O) groups is 2. The first kappa shape index (κ1) is 17.5. The zero-order valence-corrected chi connectivity index (χ0v) is 16.4. The van der Waals surface area contributed by atoms with Gasteiger partial charge in [-0.2, -0.15) is 0 Å². The third-order valence-electron chi connectivity index (χ3n) is 6.78. The third-order valence-corrected chi connectivity index (χ3v) is 6.78. The van der Waals surface area contributed by atoms with Gasteiger partial charge in [0.15, 0.2) is 0 Å². The molecule has 4 nitrogen and oxygen atoms in total. The summed E-state index contributed by atoms with van der Waals surface area (Å²) in [6.45, 7) is 0.463. The summed E-state index contributed by atoms with van der Waals surface area (Å²) in [6.07, 6.45) is 5.18. The fourth-order valence-corrected chi connectivity index (χ4v) is 5.34. The van der Waals surface area contributed by atoms with Crippen molar-refractivity contribution in [1.82, 2.24) is 0 Å². The topological polar surface area (TPSA) is 46.6 Å². The lowest BCUT2D eigenvalue weighted by molar-refractivity contribution is -0.123. The van der Waals surface area contributed by atoms with Gasteiger partial charge in [0.1, 0.15) is 12.4 Å². The Morgan fingerprint density at radius 2 is 1.47 bits per heavy atom. The van der Waals surface area contributed by atoms with Gasteiger partial charge in [-0.15, -0.1) is 0 Å². The summed E-state index contributed by atoms with van der Waals surface area (Å²) >= 11 is 0. The van der Waals surface area contributed by atoms with E-state index in [1.807, 2.05) is 36.4 Å². The second kappa shape index (κ2) is 6.56. The van der Waals surface area contributed by atoms with Crippen molar-refractivity contribution in [2.75, 3.05) is 4.90 Å². The minimum atomic E-state index is -0.170. The van der Waals surface area contributed by atoms with Crippen molar-refractivity contribution in [3.05, 3.63) is 84.4 Å². The van der Waals surface area contributed by atoms with Crippen LogP contribution in [0.3, 0.4) is 0 Å². The molecule has 1 aliphatic heterocycles. The number of benzene rings is 3. The number of amides is 2. The van der Waals surface area contributed by atoms with Crippen LogP contribution in [0.1, 0.15) is 12.0 Å². The lowest BCUT2D eigenvalue weighted by Crippen LogP contribution is -2.32. The van der Waals surface area contributed by atoms with Crippen LogP contribution in [0.2, 0.25) is 0 Å². The Kier molecular flexibility index (Phi) is 3.82. The van der Waals surface area contributed by atoms with Crippen LogP contribution in [-0.2, 0) is 16.2 Å². The largest absolute Gasteiger partial charge is 0.489 e. The molecule has 0 unspecified atom stereocenters. The summed E-state index contributed by atoms with van der Waals surface area (Å²) < 4.78 is 5.93. The Bertz CT molecular complexity index is 1170. The van der Waals surface area contributed by atoms with Crippen LogP contribution in [0.15, 0.2) is 78.9 Å². The number of hydrogen-bond donors (Lipinski definition) is 0. The molecule has 6 rings (SSSR count). The second-order valence-electron chi connectivity index (χ2n) is 8.48. The predicted molar refractivity (Wildman–Crippen MR) is 115 cm³/mol. The summed E-state index contributed by atoms with van der Waals surface area (Å²) in [5, 5.41) is 2.40. The molecule has 2 amide bonds. The van der Waals surface area contributed by atoms with Crippen LogP contribution in [-0.4, -0.2) is 11.8 Å². The number of allylic oxidation sites excluding steroid dienone is 2. The van der Waals surface area contributed by atoms with Crippen molar-refractivity contribution in [3.63, 3.8) is 0 Å². The van der Waals surface area contributed by atoms with Crippen LogP contribution in [0, 0.1) is 23.7 Å². The lowest BCUT2D eigenvalue weighted by atomic mass is 9.85. The molecule has 0 spiro atoms. The average Bonchev–Trinajstić information content (AvgIpc) is 3.46. The maximum absolute atomic E-state index is 12.9. The SMILES string of the molecule is O=C1[C@H]2[C@H](C(=O)N1c1ccc(OCc3ccc4ccccc4c3)cc1)[C@H]1C=C[C@H]2C1. The van der Waals surface area contributed by atoms with Gasteiger partial charge in [0.05, 0.1) is 17.5 Å². The van der Waals surface area contributed by atoms with E-state index in [0.29, 0.717) is 18.0 Å². The standard InChI is InChI=1S/C26H21NO3/c28-25-23-19-7-8-20(14-19)24(23)26(29)27(25)21-9-11-22(12-10-21)30-15-16-5-6-17-3-1-2-4-18(17)13-16/h1-13,19-20,23-24H,14-15H2/t19-,20-,23+,24+/m0/s1. The molecular weight excluding hydrogens is 374 g/mol. The maximum atomic E-state index is 12.9. The van der Waals surface area contributed by atoms with Gasteiger partial charge in [0.2, 0.25) is 11.8 Å². The molecule has 4 atom stereocenters. The minimum Gasteiger partial charge on any atom is -0.489 e. The lowest BCUT2D eigenvalue weighted by Gasteiger charge is -2.17. The molecule has 148 valence electrons. The second-order valence-corrected chi connectivity index (χ2v) is 8.48. The number of ether oxygens (including phenoxy) is 1. The molecule has 2 bridgehead atoms. The van der Waals surface area contributed by atoms with Crippen LogP contribution in [0.25, 0.3) is 10.8 Å². The molecule has 1 heterocycles. The molecule has 1 saturated heterocycles. The molecule has 1 saturated carbocycles. The molecule has 0 radical (unpaired) electrons. The van der Waals surface area contributed by atoms with Gasteiger partial charge >= 0.3 is 0 Å². The van der Waals surface area contributed by atoms with Crippen LogP contribution < -0.4 is 9.64 Å². The Hall–Kier alpha value is -3.40. The zero-order valence-electron chi connectivity index (χ0n) is 16.4. The average molecular weight is 395 g/mol. The first-order chi connectivity index (χ1) is 14.7. The summed E-state index contributed by atoms with van der Waals surface area (Å²) in [7, 11) is 0. The molecule has 0 aromatic heterocycles. The van der Waals surface area contributed by atoms with Gasteiger partial charge < -0.3 is 4.74 Å². The van der Waals surface area contributed by atoms with Gasteiger partial charge in [-0.1, -0.05) is 48.6 Å². The summed E-state index contributed by atoms with van der Waals surface area (Å²) in [6, 6.07) is 21.8. The number of carbonyl (C=O) groups excluding carboxylic acids is 2. The van der Waals surface area contributed by atoms with E-state index in [-0.39, 0.29) is 35.5 Å². The molecule has 2 fully saturated rings. The van der Waals surface area contributed by atoms with Crippen LogP contribution >= 0.6 is 0 Å². The molecular formula is C26H21NO3. The smallest absolute Gasteiger partial charge is 0.238 e. The van der Waals surface area contributed by atoms with E-state index in [1.165, 1.54) is 15.7 Å². The molecule has 0 N–H and O–H groups in total. The molecule has 3 aromatic carbocycles. The number of imide groups is 1. The molecule has 3 aliphatic rings. The van der Waals surface area contributed by atoms with E-state index in [2.05, 4.69) is 42.5 Å². The Morgan fingerprint density at radius 3 is 2.17 bits per heavy atom. The highest BCUT2D eigenvalue weighted by molar-refractivity contribution is 6.22. The number of fused-ring (bicyclic) bond motifs is 6. The Balaban J connectivity index is 1.17.